The van der Waals surface area contributed by atoms with Crippen LogP contribution in [0.4, 0.5) is 8.78 Å². The summed E-state index contributed by atoms with van der Waals surface area (Å²) in [4.78, 5) is 0. The van der Waals surface area contributed by atoms with Gasteiger partial charge in [0, 0.05) is 29.9 Å². The summed E-state index contributed by atoms with van der Waals surface area (Å²) in [6.45, 7) is 4.25. The average molecular weight is 251 g/mol. The summed E-state index contributed by atoms with van der Waals surface area (Å²) in [6, 6.07) is 1.68. The van der Waals surface area contributed by atoms with E-state index in [2.05, 4.69) is 5.10 Å². The molecule has 1 heterocycles. The van der Waals surface area contributed by atoms with Gasteiger partial charge in [-0.3, -0.25) is 4.68 Å². The summed E-state index contributed by atoms with van der Waals surface area (Å²) in [5.41, 5.74) is 7.36. The molecule has 2 N–H and O–H groups in total. The van der Waals surface area contributed by atoms with Crippen LogP contribution >= 0.6 is 0 Å². The monoisotopic (exact) mass is 251 g/mol. The lowest BCUT2D eigenvalue weighted by atomic mass is 10.00. The van der Waals surface area contributed by atoms with Gasteiger partial charge in [-0.2, -0.15) is 5.10 Å². The lowest BCUT2D eigenvalue weighted by molar-refractivity contribution is 0.560. The van der Waals surface area contributed by atoms with E-state index in [-0.39, 0.29) is 5.56 Å². The van der Waals surface area contributed by atoms with Gasteiger partial charge in [0.1, 0.15) is 11.6 Å². The van der Waals surface area contributed by atoms with Crippen LogP contribution in [-0.4, -0.2) is 9.78 Å². The molecular weight excluding hydrogens is 236 g/mol. The van der Waals surface area contributed by atoms with Crippen LogP contribution < -0.4 is 5.73 Å². The predicted octanol–water partition coefficient (Wildman–Crippen LogP) is 2.54. The van der Waals surface area contributed by atoms with Crippen LogP contribution in [-0.2, 0) is 6.54 Å². The Morgan fingerprint density at radius 3 is 2.67 bits per heavy atom. The number of nitrogens with two attached hydrogens (primary N) is 1. The van der Waals surface area contributed by atoms with Crippen molar-refractivity contribution in [3.63, 3.8) is 0 Å². The fourth-order valence-electron chi connectivity index (χ4n) is 1.81. The molecule has 0 radical (unpaired) electrons. The molecular formula is C13H15F2N3. The van der Waals surface area contributed by atoms with Gasteiger partial charge in [-0.1, -0.05) is 0 Å². The van der Waals surface area contributed by atoms with E-state index in [0.29, 0.717) is 11.1 Å². The van der Waals surface area contributed by atoms with Crippen LogP contribution in [0, 0.1) is 18.6 Å². The molecule has 0 amide bonds. The predicted molar refractivity (Wildman–Crippen MR) is 65.0 cm³/mol. The molecule has 5 heteroatoms. The smallest absolute Gasteiger partial charge is 0.131 e. The van der Waals surface area contributed by atoms with E-state index in [1.165, 1.54) is 6.07 Å². The third kappa shape index (κ3) is 2.26. The van der Waals surface area contributed by atoms with Crippen molar-refractivity contribution < 1.29 is 8.78 Å². The summed E-state index contributed by atoms with van der Waals surface area (Å²) >= 11 is 0. The molecule has 0 aliphatic rings. The molecule has 0 spiro atoms. The minimum Gasteiger partial charge on any atom is -0.320 e. The van der Waals surface area contributed by atoms with Gasteiger partial charge in [0.15, 0.2) is 0 Å². The van der Waals surface area contributed by atoms with Crippen molar-refractivity contribution in [2.24, 2.45) is 5.73 Å². The SMILES string of the molecule is CCn1cc(C(N)c2cc(C)c(F)cc2F)cn1. The number of hydrogen-bond acceptors (Lipinski definition) is 2. The van der Waals surface area contributed by atoms with Crippen molar-refractivity contribution in [3.8, 4) is 0 Å². The van der Waals surface area contributed by atoms with E-state index in [0.717, 1.165) is 12.6 Å². The summed E-state index contributed by atoms with van der Waals surface area (Å²) in [6.07, 6.45) is 3.37. The van der Waals surface area contributed by atoms with E-state index in [1.807, 2.05) is 6.92 Å². The van der Waals surface area contributed by atoms with Crippen molar-refractivity contribution in [2.45, 2.75) is 26.4 Å². The molecule has 1 atom stereocenters. The molecule has 1 aromatic carbocycles. The number of rotatable bonds is 3. The van der Waals surface area contributed by atoms with Gasteiger partial charge in [0.05, 0.1) is 12.2 Å². The van der Waals surface area contributed by atoms with Crippen LogP contribution in [0.5, 0.6) is 0 Å². The number of benzene rings is 1. The molecule has 0 bridgehead atoms. The summed E-state index contributed by atoms with van der Waals surface area (Å²) in [5.74, 6) is -1.19. The Labute approximate surface area is 104 Å². The third-order valence-corrected chi connectivity index (χ3v) is 2.95. The van der Waals surface area contributed by atoms with Gasteiger partial charge >= 0.3 is 0 Å². The van der Waals surface area contributed by atoms with Crippen molar-refractivity contribution in [1.82, 2.24) is 9.78 Å². The van der Waals surface area contributed by atoms with Gasteiger partial charge in [-0.15, -0.1) is 0 Å². The Morgan fingerprint density at radius 1 is 1.33 bits per heavy atom. The van der Waals surface area contributed by atoms with E-state index in [1.54, 1.807) is 24.0 Å². The molecule has 0 saturated carbocycles. The van der Waals surface area contributed by atoms with Crippen molar-refractivity contribution in [1.29, 1.82) is 0 Å². The lowest BCUT2D eigenvalue weighted by Gasteiger charge is -2.12. The lowest BCUT2D eigenvalue weighted by Crippen LogP contribution is -2.13. The third-order valence-electron chi connectivity index (χ3n) is 2.95. The van der Waals surface area contributed by atoms with Crippen LogP contribution in [0.15, 0.2) is 24.5 Å². The van der Waals surface area contributed by atoms with E-state index < -0.39 is 17.7 Å². The number of aryl methyl sites for hydroxylation is 2. The Kier molecular flexibility index (Phi) is 3.43. The maximum Gasteiger partial charge on any atom is 0.131 e. The highest BCUT2D eigenvalue weighted by Crippen LogP contribution is 2.24. The highest BCUT2D eigenvalue weighted by molar-refractivity contribution is 5.33. The zero-order valence-electron chi connectivity index (χ0n) is 10.3. The van der Waals surface area contributed by atoms with Gasteiger partial charge in [0.25, 0.3) is 0 Å². The molecule has 2 aromatic rings. The highest BCUT2D eigenvalue weighted by atomic mass is 19.1. The number of halogens is 2. The van der Waals surface area contributed by atoms with Gasteiger partial charge in [-0.05, 0) is 25.5 Å². The first-order chi connectivity index (χ1) is 8.52. The molecule has 18 heavy (non-hydrogen) atoms. The van der Waals surface area contributed by atoms with E-state index in [9.17, 15) is 8.78 Å². The van der Waals surface area contributed by atoms with Crippen LogP contribution in [0.1, 0.15) is 29.7 Å². The summed E-state index contributed by atoms with van der Waals surface area (Å²) in [5, 5.41) is 4.09. The van der Waals surface area contributed by atoms with E-state index >= 15 is 0 Å². The summed E-state index contributed by atoms with van der Waals surface area (Å²) < 4.78 is 28.6. The molecule has 0 aliphatic carbocycles. The molecule has 0 saturated heterocycles. The van der Waals surface area contributed by atoms with Crippen molar-refractivity contribution in [3.05, 3.63) is 52.9 Å². The molecule has 96 valence electrons. The summed E-state index contributed by atoms with van der Waals surface area (Å²) in [7, 11) is 0. The molecule has 2 rings (SSSR count). The maximum atomic E-state index is 13.7. The zero-order chi connectivity index (χ0) is 13.3. The van der Waals surface area contributed by atoms with Crippen LogP contribution in [0.3, 0.4) is 0 Å². The topological polar surface area (TPSA) is 43.8 Å². The fraction of sp³-hybridized carbons (Fsp3) is 0.308. The zero-order valence-corrected chi connectivity index (χ0v) is 10.3. The molecule has 1 unspecified atom stereocenters. The minimum atomic E-state index is -0.635. The number of aromatic nitrogens is 2. The molecule has 3 nitrogen and oxygen atoms in total. The molecule has 1 aromatic heterocycles. The number of hydrogen-bond donors (Lipinski definition) is 1. The first-order valence-corrected chi connectivity index (χ1v) is 5.76. The quantitative estimate of drug-likeness (QED) is 0.911. The standard InChI is InChI=1S/C13H15F2N3/c1-3-18-7-9(6-17-18)13(16)10-4-8(2)11(14)5-12(10)15/h4-7,13H,3,16H2,1-2H3. The second-order valence-electron chi connectivity index (χ2n) is 4.23. The van der Waals surface area contributed by atoms with Gasteiger partial charge < -0.3 is 5.73 Å². The number of nitrogens with zero attached hydrogens (tertiary/aromatic N) is 2. The fourth-order valence-corrected chi connectivity index (χ4v) is 1.81. The van der Waals surface area contributed by atoms with Crippen LogP contribution in [0.25, 0.3) is 0 Å². The Hall–Kier alpha value is -1.75. The Morgan fingerprint density at radius 2 is 2.06 bits per heavy atom. The van der Waals surface area contributed by atoms with Crippen molar-refractivity contribution in [2.75, 3.05) is 0 Å². The molecule has 0 aliphatic heterocycles. The van der Waals surface area contributed by atoms with Gasteiger partial charge in [0.2, 0.25) is 0 Å². The maximum absolute atomic E-state index is 13.7. The Bertz CT molecular complexity index is 563. The second-order valence-corrected chi connectivity index (χ2v) is 4.23. The molecule has 0 fully saturated rings. The first kappa shape index (κ1) is 12.7. The average Bonchev–Trinajstić information content (AvgIpc) is 2.81. The largest absolute Gasteiger partial charge is 0.320 e. The highest BCUT2D eigenvalue weighted by Gasteiger charge is 2.17. The van der Waals surface area contributed by atoms with Gasteiger partial charge in [-0.25, -0.2) is 8.78 Å². The Balaban J connectivity index is 2.39. The first-order valence-electron chi connectivity index (χ1n) is 5.76. The van der Waals surface area contributed by atoms with Crippen LogP contribution in [0.2, 0.25) is 0 Å². The second kappa shape index (κ2) is 4.86. The normalized spacial score (nSPS) is 12.7. The van der Waals surface area contributed by atoms with E-state index in [4.69, 9.17) is 5.73 Å². The van der Waals surface area contributed by atoms with Crippen molar-refractivity contribution >= 4 is 0 Å². The minimum absolute atomic E-state index is 0.282.